The van der Waals surface area contributed by atoms with Crippen molar-refractivity contribution in [2.24, 2.45) is 11.3 Å². The van der Waals surface area contributed by atoms with E-state index in [0.717, 1.165) is 32.2 Å². The van der Waals surface area contributed by atoms with Crippen LogP contribution in [0.25, 0.3) is 0 Å². The van der Waals surface area contributed by atoms with Crippen molar-refractivity contribution >= 4 is 0 Å². The van der Waals surface area contributed by atoms with Crippen LogP contribution in [0.3, 0.4) is 0 Å². The van der Waals surface area contributed by atoms with E-state index in [2.05, 4.69) is 37.9 Å². The molecule has 3 nitrogen and oxygen atoms in total. The molecule has 1 heterocycles. The third kappa shape index (κ3) is 4.94. The SMILES string of the molecule is CC(C)CNCC1(CN2CCOCC2(C)C)CCCCC1. The minimum absolute atomic E-state index is 0.195. The maximum absolute atomic E-state index is 5.69. The molecule has 21 heavy (non-hydrogen) atoms. The van der Waals surface area contributed by atoms with E-state index < -0.39 is 0 Å². The number of morpholine rings is 1. The standard InChI is InChI=1S/C18H36N2O/c1-16(2)12-19-13-18(8-6-5-7-9-18)14-20-10-11-21-15-17(20,3)4/h16,19H,5-15H2,1-4H3. The van der Waals surface area contributed by atoms with Gasteiger partial charge in [0, 0.05) is 25.2 Å². The van der Waals surface area contributed by atoms with Crippen molar-refractivity contribution < 1.29 is 4.74 Å². The fraction of sp³-hybridized carbons (Fsp3) is 1.00. The van der Waals surface area contributed by atoms with Crippen LogP contribution < -0.4 is 5.32 Å². The van der Waals surface area contributed by atoms with Crippen molar-refractivity contribution in [1.29, 1.82) is 0 Å². The second-order valence-corrected chi connectivity index (χ2v) is 8.37. The molecule has 3 heteroatoms. The van der Waals surface area contributed by atoms with Crippen LogP contribution in [0.5, 0.6) is 0 Å². The van der Waals surface area contributed by atoms with Gasteiger partial charge in [-0.1, -0.05) is 33.1 Å². The van der Waals surface area contributed by atoms with Gasteiger partial charge in [-0.2, -0.15) is 0 Å². The van der Waals surface area contributed by atoms with E-state index in [-0.39, 0.29) is 5.54 Å². The van der Waals surface area contributed by atoms with E-state index in [1.807, 2.05) is 0 Å². The van der Waals surface area contributed by atoms with Crippen LogP contribution in [0.1, 0.15) is 59.8 Å². The number of hydrogen-bond acceptors (Lipinski definition) is 3. The van der Waals surface area contributed by atoms with Crippen LogP contribution in [-0.4, -0.2) is 49.8 Å². The van der Waals surface area contributed by atoms with Crippen molar-refractivity contribution in [1.82, 2.24) is 10.2 Å². The maximum Gasteiger partial charge on any atom is 0.0645 e. The zero-order valence-electron chi connectivity index (χ0n) is 14.7. The fourth-order valence-corrected chi connectivity index (χ4v) is 3.91. The lowest BCUT2D eigenvalue weighted by Crippen LogP contribution is -2.58. The smallest absolute Gasteiger partial charge is 0.0645 e. The van der Waals surface area contributed by atoms with Crippen LogP contribution in [-0.2, 0) is 4.74 Å². The highest BCUT2D eigenvalue weighted by Gasteiger charge is 2.39. The van der Waals surface area contributed by atoms with Gasteiger partial charge in [-0.05, 0) is 44.6 Å². The minimum atomic E-state index is 0.195. The molecule has 0 atom stereocenters. The third-order valence-corrected chi connectivity index (χ3v) is 5.31. The van der Waals surface area contributed by atoms with Crippen molar-refractivity contribution in [2.45, 2.75) is 65.3 Å². The summed E-state index contributed by atoms with van der Waals surface area (Å²) in [5.74, 6) is 0.741. The van der Waals surface area contributed by atoms with Crippen LogP contribution in [0, 0.1) is 11.3 Å². The van der Waals surface area contributed by atoms with Crippen molar-refractivity contribution in [2.75, 3.05) is 39.4 Å². The molecule has 2 aliphatic rings. The molecule has 0 amide bonds. The first kappa shape index (κ1) is 17.2. The molecule has 2 rings (SSSR count). The van der Waals surface area contributed by atoms with Gasteiger partial charge < -0.3 is 10.1 Å². The van der Waals surface area contributed by atoms with E-state index in [4.69, 9.17) is 4.74 Å². The summed E-state index contributed by atoms with van der Waals surface area (Å²) in [5.41, 5.74) is 0.683. The van der Waals surface area contributed by atoms with Crippen LogP contribution in [0.15, 0.2) is 0 Å². The number of hydrogen-bond donors (Lipinski definition) is 1. The van der Waals surface area contributed by atoms with E-state index >= 15 is 0 Å². The van der Waals surface area contributed by atoms with Crippen LogP contribution >= 0.6 is 0 Å². The predicted molar refractivity (Wildman–Crippen MR) is 89.7 cm³/mol. The molecule has 0 bridgehead atoms. The average molecular weight is 296 g/mol. The van der Waals surface area contributed by atoms with Gasteiger partial charge in [0.15, 0.2) is 0 Å². The molecule has 0 radical (unpaired) electrons. The number of nitrogens with zero attached hydrogens (tertiary/aromatic N) is 1. The Morgan fingerprint density at radius 3 is 2.48 bits per heavy atom. The number of ether oxygens (including phenoxy) is 1. The second-order valence-electron chi connectivity index (χ2n) is 8.37. The van der Waals surface area contributed by atoms with Gasteiger partial charge in [-0.15, -0.1) is 0 Å². The third-order valence-electron chi connectivity index (χ3n) is 5.31. The summed E-state index contributed by atoms with van der Waals surface area (Å²) in [6.45, 7) is 15.7. The van der Waals surface area contributed by atoms with E-state index in [0.29, 0.717) is 5.41 Å². The second kappa shape index (κ2) is 7.43. The molecular weight excluding hydrogens is 260 g/mol. The zero-order chi connectivity index (χ0) is 15.3. The molecule has 0 aromatic heterocycles. The molecule has 124 valence electrons. The van der Waals surface area contributed by atoms with Crippen LogP contribution in [0.4, 0.5) is 0 Å². The molecule has 0 spiro atoms. The van der Waals surface area contributed by atoms with Gasteiger partial charge in [-0.25, -0.2) is 0 Å². The lowest BCUT2D eigenvalue weighted by atomic mass is 9.73. The lowest BCUT2D eigenvalue weighted by Gasteiger charge is -2.49. The monoisotopic (exact) mass is 296 g/mol. The molecule has 1 aliphatic heterocycles. The predicted octanol–water partition coefficient (Wildman–Crippen LogP) is 3.29. The normalized spacial score (nSPS) is 26.1. The van der Waals surface area contributed by atoms with Gasteiger partial charge in [0.25, 0.3) is 0 Å². The molecule has 1 saturated heterocycles. The Kier molecular flexibility index (Phi) is 6.10. The molecule has 1 saturated carbocycles. The largest absolute Gasteiger partial charge is 0.378 e. The first-order valence-electron chi connectivity index (χ1n) is 8.97. The quantitative estimate of drug-likeness (QED) is 0.814. The Morgan fingerprint density at radius 1 is 1.14 bits per heavy atom. The zero-order valence-corrected chi connectivity index (χ0v) is 14.7. The lowest BCUT2D eigenvalue weighted by molar-refractivity contribution is -0.0727. The molecular formula is C18H36N2O. The summed E-state index contributed by atoms with van der Waals surface area (Å²) >= 11 is 0. The summed E-state index contributed by atoms with van der Waals surface area (Å²) in [6.07, 6.45) is 7.04. The van der Waals surface area contributed by atoms with Crippen molar-refractivity contribution in [3.63, 3.8) is 0 Å². The summed E-state index contributed by atoms with van der Waals surface area (Å²) in [4.78, 5) is 2.69. The van der Waals surface area contributed by atoms with Gasteiger partial charge in [-0.3, -0.25) is 4.90 Å². The van der Waals surface area contributed by atoms with E-state index in [1.165, 1.54) is 45.2 Å². The van der Waals surface area contributed by atoms with Gasteiger partial charge in [0.2, 0.25) is 0 Å². The van der Waals surface area contributed by atoms with E-state index in [1.54, 1.807) is 0 Å². The molecule has 0 aromatic rings. The summed E-state index contributed by atoms with van der Waals surface area (Å²) in [5, 5.41) is 3.75. The van der Waals surface area contributed by atoms with Gasteiger partial charge in [0.05, 0.1) is 13.2 Å². The first-order chi connectivity index (χ1) is 9.94. The molecule has 1 aliphatic carbocycles. The molecule has 1 N–H and O–H groups in total. The average Bonchev–Trinajstić information content (AvgIpc) is 2.42. The number of nitrogens with one attached hydrogen (secondary N) is 1. The Labute approximate surface area is 131 Å². The Balaban J connectivity index is 1.97. The highest BCUT2D eigenvalue weighted by Crippen LogP contribution is 2.38. The van der Waals surface area contributed by atoms with Crippen LogP contribution in [0.2, 0.25) is 0 Å². The van der Waals surface area contributed by atoms with Crippen molar-refractivity contribution in [3.05, 3.63) is 0 Å². The molecule has 0 unspecified atom stereocenters. The Morgan fingerprint density at radius 2 is 1.86 bits per heavy atom. The summed E-state index contributed by atoms with van der Waals surface area (Å²) in [7, 11) is 0. The highest BCUT2D eigenvalue weighted by atomic mass is 16.5. The Bertz CT molecular complexity index is 308. The van der Waals surface area contributed by atoms with E-state index in [9.17, 15) is 0 Å². The molecule has 0 aromatic carbocycles. The topological polar surface area (TPSA) is 24.5 Å². The first-order valence-corrected chi connectivity index (χ1v) is 8.97. The van der Waals surface area contributed by atoms with Gasteiger partial charge >= 0.3 is 0 Å². The fourth-order valence-electron chi connectivity index (χ4n) is 3.91. The minimum Gasteiger partial charge on any atom is -0.378 e. The maximum atomic E-state index is 5.69. The van der Waals surface area contributed by atoms with Crippen molar-refractivity contribution in [3.8, 4) is 0 Å². The summed E-state index contributed by atoms with van der Waals surface area (Å²) in [6, 6.07) is 0. The van der Waals surface area contributed by atoms with Gasteiger partial charge in [0.1, 0.15) is 0 Å². The highest BCUT2D eigenvalue weighted by molar-refractivity contribution is 4.93. The number of rotatable bonds is 6. The summed E-state index contributed by atoms with van der Waals surface area (Å²) < 4.78 is 5.69. The molecule has 2 fully saturated rings. The Hall–Kier alpha value is -0.120.